The van der Waals surface area contributed by atoms with Gasteiger partial charge in [0.25, 0.3) is 0 Å². The number of benzene rings is 2. The van der Waals surface area contributed by atoms with E-state index in [-0.39, 0.29) is 5.60 Å². The summed E-state index contributed by atoms with van der Waals surface area (Å²) < 4.78 is 0.863. The van der Waals surface area contributed by atoms with Gasteiger partial charge in [0.2, 0.25) is 0 Å². The molecule has 1 aliphatic rings. The van der Waals surface area contributed by atoms with Crippen LogP contribution in [0.25, 0.3) is 11.1 Å². The molecule has 0 amide bonds. The molecule has 19 heavy (non-hydrogen) atoms. The van der Waals surface area contributed by atoms with Crippen LogP contribution in [0.5, 0.6) is 0 Å². The largest absolute Gasteiger partial charge is 0.383 e. The van der Waals surface area contributed by atoms with Crippen LogP contribution in [0.15, 0.2) is 59.8 Å². The minimum absolute atomic E-state index is 0.353. The average molecular weight is 316 g/mol. The first kappa shape index (κ1) is 12.4. The molecule has 2 aromatic rings. The molecule has 0 fully saturated rings. The smallest absolute Gasteiger partial charge is 0.166 e. The minimum Gasteiger partial charge on any atom is -0.383 e. The zero-order valence-electron chi connectivity index (χ0n) is 10.6. The second-order valence-corrected chi connectivity index (χ2v) is 5.83. The molecular weight excluding hydrogens is 302 g/mol. The van der Waals surface area contributed by atoms with Crippen LogP contribution in [0.3, 0.4) is 0 Å². The van der Waals surface area contributed by atoms with E-state index in [9.17, 15) is 0 Å². The zero-order chi connectivity index (χ0) is 13.3. The third-order valence-electron chi connectivity index (χ3n) is 3.43. The molecular formula is C16H14BrNO. The second-order valence-electron chi connectivity index (χ2n) is 4.91. The van der Waals surface area contributed by atoms with Crippen molar-refractivity contribution in [3.8, 4) is 11.1 Å². The minimum atomic E-state index is -0.353. The fourth-order valence-corrected chi connectivity index (χ4v) is 2.90. The Morgan fingerprint density at radius 3 is 2.21 bits per heavy atom. The first-order chi connectivity index (χ1) is 9.17. The van der Waals surface area contributed by atoms with Gasteiger partial charge < -0.3 is 4.84 Å². The lowest BCUT2D eigenvalue weighted by molar-refractivity contribution is -0.00737. The average Bonchev–Trinajstić information content (AvgIpc) is 2.81. The molecule has 96 valence electrons. The van der Waals surface area contributed by atoms with Gasteiger partial charge in [-0.25, -0.2) is 0 Å². The van der Waals surface area contributed by atoms with Gasteiger partial charge in [0.15, 0.2) is 5.60 Å². The highest BCUT2D eigenvalue weighted by Gasteiger charge is 2.35. The Kier molecular flexibility index (Phi) is 3.15. The standard InChI is InChI=1S/C16H14BrNO/c1-16(11-15(17)18-19-16)14-9-7-13(8-10-14)12-5-3-2-4-6-12/h2-10H,11H2,1H3/t16-/m0/s1. The van der Waals surface area contributed by atoms with Crippen LogP contribution in [-0.4, -0.2) is 4.62 Å². The Balaban J connectivity index is 1.88. The zero-order valence-corrected chi connectivity index (χ0v) is 12.2. The summed E-state index contributed by atoms with van der Waals surface area (Å²) in [5.41, 5.74) is 3.23. The van der Waals surface area contributed by atoms with Crippen molar-refractivity contribution in [2.24, 2.45) is 5.16 Å². The normalized spacial score (nSPS) is 21.9. The SMILES string of the molecule is C[C@@]1(c2ccc(-c3ccccc3)cc2)CC(Br)=NO1. The van der Waals surface area contributed by atoms with E-state index in [1.165, 1.54) is 11.1 Å². The Morgan fingerprint density at radius 2 is 1.63 bits per heavy atom. The van der Waals surface area contributed by atoms with E-state index < -0.39 is 0 Å². The van der Waals surface area contributed by atoms with Gasteiger partial charge in [0, 0.05) is 6.42 Å². The van der Waals surface area contributed by atoms with Gasteiger partial charge in [-0.05, 0) is 39.5 Å². The summed E-state index contributed by atoms with van der Waals surface area (Å²) in [5, 5.41) is 3.98. The summed E-state index contributed by atoms with van der Waals surface area (Å²) in [6.45, 7) is 2.06. The Hall–Kier alpha value is -1.61. The quantitative estimate of drug-likeness (QED) is 0.787. The lowest BCUT2D eigenvalue weighted by Gasteiger charge is -2.21. The van der Waals surface area contributed by atoms with Crippen molar-refractivity contribution in [3.05, 3.63) is 60.2 Å². The van der Waals surface area contributed by atoms with Crippen LogP contribution in [0.4, 0.5) is 0 Å². The highest BCUT2D eigenvalue weighted by atomic mass is 79.9. The van der Waals surface area contributed by atoms with Crippen LogP contribution in [0.2, 0.25) is 0 Å². The number of hydrogen-bond acceptors (Lipinski definition) is 2. The highest BCUT2D eigenvalue weighted by Crippen LogP contribution is 2.36. The van der Waals surface area contributed by atoms with Gasteiger partial charge in [-0.3, -0.25) is 0 Å². The first-order valence-corrected chi connectivity index (χ1v) is 7.03. The first-order valence-electron chi connectivity index (χ1n) is 6.24. The lowest BCUT2D eigenvalue weighted by atomic mass is 9.92. The number of hydrogen-bond donors (Lipinski definition) is 0. The molecule has 0 N–H and O–H groups in total. The van der Waals surface area contributed by atoms with Gasteiger partial charge in [-0.1, -0.05) is 59.8 Å². The molecule has 0 aliphatic carbocycles. The van der Waals surface area contributed by atoms with Gasteiger partial charge in [0.05, 0.1) is 0 Å². The monoisotopic (exact) mass is 315 g/mol. The molecule has 1 heterocycles. The van der Waals surface area contributed by atoms with Crippen molar-refractivity contribution in [2.75, 3.05) is 0 Å². The maximum absolute atomic E-state index is 5.53. The molecule has 3 rings (SSSR count). The summed E-state index contributed by atoms with van der Waals surface area (Å²) in [5.74, 6) is 0. The van der Waals surface area contributed by atoms with Crippen molar-refractivity contribution in [3.63, 3.8) is 0 Å². The van der Waals surface area contributed by atoms with Gasteiger partial charge in [0.1, 0.15) is 4.62 Å². The molecule has 0 saturated heterocycles. The van der Waals surface area contributed by atoms with E-state index in [0.29, 0.717) is 0 Å². The number of nitrogens with zero attached hydrogens (tertiary/aromatic N) is 1. The molecule has 2 aromatic carbocycles. The summed E-state index contributed by atoms with van der Waals surface area (Å²) in [6, 6.07) is 18.8. The maximum Gasteiger partial charge on any atom is 0.166 e. The lowest BCUT2D eigenvalue weighted by Crippen LogP contribution is -2.20. The molecule has 3 heteroatoms. The molecule has 0 unspecified atom stereocenters. The van der Waals surface area contributed by atoms with Crippen molar-refractivity contribution < 1.29 is 4.84 Å². The van der Waals surface area contributed by atoms with Crippen LogP contribution in [0.1, 0.15) is 18.9 Å². The third kappa shape index (κ3) is 2.43. The fraction of sp³-hybridized carbons (Fsp3) is 0.188. The van der Waals surface area contributed by atoms with Crippen molar-refractivity contribution in [1.29, 1.82) is 0 Å². The van der Waals surface area contributed by atoms with E-state index in [1.54, 1.807) is 0 Å². The van der Waals surface area contributed by atoms with Crippen LogP contribution >= 0.6 is 15.9 Å². The Labute approximate surface area is 121 Å². The summed E-state index contributed by atoms with van der Waals surface area (Å²) in [4.78, 5) is 5.53. The van der Waals surface area contributed by atoms with Gasteiger partial charge in [-0.2, -0.15) is 0 Å². The highest BCUT2D eigenvalue weighted by molar-refractivity contribution is 9.18. The Bertz CT molecular complexity index is 606. The van der Waals surface area contributed by atoms with Crippen LogP contribution in [0, 0.1) is 0 Å². The summed E-state index contributed by atoms with van der Waals surface area (Å²) in [6.07, 6.45) is 0.775. The molecule has 0 spiro atoms. The van der Waals surface area contributed by atoms with E-state index in [2.05, 4.69) is 76.5 Å². The number of halogens is 1. The van der Waals surface area contributed by atoms with Gasteiger partial charge in [-0.15, -0.1) is 0 Å². The number of rotatable bonds is 2. The third-order valence-corrected chi connectivity index (χ3v) is 3.86. The predicted molar refractivity (Wildman–Crippen MR) is 81.3 cm³/mol. The number of oxime groups is 1. The molecule has 0 saturated carbocycles. The van der Waals surface area contributed by atoms with Crippen molar-refractivity contribution >= 4 is 20.6 Å². The Morgan fingerprint density at radius 1 is 1.00 bits per heavy atom. The molecule has 0 radical (unpaired) electrons. The molecule has 0 bridgehead atoms. The van der Waals surface area contributed by atoms with Crippen molar-refractivity contribution in [1.82, 2.24) is 0 Å². The van der Waals surface area contributed by atoms with Gasteiger partial charge >= 0.3 is 0 Å². The molecule has 2 nitrogen and oxygen atoms in total. The van der Waals surface area contributed by atoms with E-state index in [4.69, 9.17) is 4.84 Å². The fourth-order valence-electron chi connectivity index (χ4n) is 2.29. The molecule has 1 aliphatic heterocycles. The van der Waals surface area contributed by atoms with Crippen molar-refractivity contribution in [2.45, 2.75) is 18.9 Å². The van der Waals surface area contributed by atoms with Crippen LogP contribution < -0.4 is 0 Å². The van der Waals surface area contributed by atoms with Crippen LogP contribution in [-0.2, 0) is 10.4 Å². The van der Waals surface area contributed by atoms with E-state index in [1.807, 2.05) is 6.07 Å². The van der Waals surface area contributed by atoms with E-state index >= 15 is 0 Å². The second kappa shape index (κ2) is 4.82. The summed E-state index contributed by atoms with van der Waals surface area (Å²) in [7, 11) is 0. The topological polar surface area (TPSA) is 21.6 Å². The molecule has 0 aromatic heterocycles. The predicted octanol–water partition coefficient (Wildman–Crippen LogP) is 4.70. The maximum atomic E-state index is 5.53. The summed E-state index contributed by atoms with van der Waals surface area (Å²) >= 11 is 3.39. The molecule has 1 atom stereocenters. The van der Waals surface area contributed by atoms with E-state index in [0.717, 1.165) is 16.6 Å².